The molecule has 0 fully saturated rings. The van der Waals surface area contributed by atoms with Crippen LogP contribution in [0, 0.1) is 6.92 Å². The minimum atomic E-state index is -3.67. The van der Waals surface area contributed by atoms with Gasteiger partial charge in [-0.15, -0.1) is 0 Å². The summed E-state index contributed by atoms with van der Waals surface area (Å²) < 4.78 is 41.1. The fourth-order valence-electron chi connectivity index (χ4n) is 5.52. The summed E-state index contributed by atoms with van der Waals surface area (Å²) in [5.74, 6) is 1.98. The SMILES string of the molecule is Cc1ccc2c(c1)CN(C)CCC(c1ccccc1)CCCN(S(=O)(=O)c1ccc3c(c1)CCO3)CCO2. The molecule has 0 bridgehead atoms. The maximum Gasteiger partial charge on any atom is 0.243 e. The molecular weight excluding hydrogens is 496 g/mol. The topological polar surface area (TPSA) is 59.1 Å². The molecule has 0 saturated heterocycles. The Morgan fingerprint density at radius 2 is 1.58 bits per heavy atom. The van der Waals surface area contributed by atoms with Gasteiger partial charge in [0.05, 0.1) is 11.5 Å². The van der Waals surface area contributed by atoms with Crippen LogP contribution in [-0.2, 0) is 23.0 Å². The van der Waals surface area contributed by atoms with Crippen molar-refractivity contribution in [1.29, 1.82) is 0 Å². The van der Waals surface area contributed by atoms with Gasteiger partial charge in [0.15, 0.2) is 0 Å². The van der Waals surface area contributed by atoms with Crippen molar-refractivity contribution in [3.63, 3.8) is 0 Å². The molecule has 7 heteroatoms. The van der Waals surface area contributed by atoms with Crippen LogP contribution in [0.4, 0.5) is 0 Å². The lowest BCUT2D eigenvalue weighted by Gasteiger charge is -2.27. The minimum absolute atomic E-state index is 0.301. The highest BCUT2D eigenvalue weighted by Gasteiger charge is 2.27. The molecule has 0 spiro atoms. The predicted molar refractivity (Wildman–Crippen MR) is 150 cm³/mol. The molecule has 38 heavy (non-hydrogen) atoms. The number of hydrogen-bond donors (Lipinski definition) is 0. The summed E-state index contributed by atoms with van der Waals surface area (Å²) in [6.45, 7) is 5.49. The highest BCUT2D eigenvalue weighted by Crippen LogP contribution is 2.31. The van der Waals surface area contributed by atoms with Crippen molar-refractivity contribution in [3.05, 3.63) is 89.0 Å². The third kappa shape index (κ3) is 6.22. The molecule has 2 heterocycles. The molecule has 0 aromatic heterocycles. The number of nitrogens with zero attached hydrogens (tertiary/aromatic N) is 2. The van der Waals surface area contributed by atoms with Gasteiger partial charge in [-0.05, 0) is 81.1 Å². The summed E-state index contributed by atoms with van der Waals surface area (Å²) in [5.41, 5.74) is 4.60. The van der Waals surface area contributed by atoms with Crippen LogP contribution in [-0.4, -0.2) is 57.5 Å². The molecule has 0 N–H and O–H groups in total. The van der Waals surface area contributed by atoms with E-state index in [0.717, 1.165) is 61.4 Å². The van der Waals surface area contributed by atoms with Crippen molar-refractivity contribution in [3.8, 4) is 11.5 Å². The van der Waals surface area contributed by atoms with Gasteiger partial charge in [-0.1, -0.05) is 48.0 Å². The second kappa shape index (κ2) is 11.9. The molecule has 0 saturated carbocycles. The van der Waals surface area contributed by atoms with Gasteiger partial charge < -0.3 is 14.4 Å². The molecule has 202 valence electrons. The van der Waals surface area contributed by atoms with Crippen LogP contribution >= 0.6 is 0 Å². The lowest BCUT2D eigenvalue weighted by molar-refractivity contribution is 0.252. The van der Waals surface area contributed by atoms with Crippen LogP contribution in [0.5, 0.6) is 11.5 Å². The number of sulfonamides is 1. The van der Waals surface area contributed by atoms with E-state index in [0.29, 0.717) is 37.1 Å². The third-order valence-corrected chi connectivity index (χ3v) is 9.54. The van der Waals surface area contributed by atoms with Crippen LogP contribution in [0.3, 0.4) is 0 Å². The molecule has 1 atom stereocenters. The zero-order chi connectivity index (χ0) is 26.5. The Morgan fingerprint density at radius 1 is 0.816 bits per heavy atom. The highest BCUT2D eigenvalue weighted by molar-refractivity contribution is 7.89. The quantitative estimate of drug-likeness (QED) is 0.450. The summed E-state index contributed by atoms with van der Waals surface area (Å²) in [6, 6.07) is 22.1. The van der Waals surface area contributed by atoms with Crippen molar-refractivity contribution < 1.29 is 17.9 Å². The number of aryl methyl sites for hydroxylation is 1. The number of hydrogen-bond acceptors (Lipinski definition) is 5. The van der Waals surface area contributed by atoms with Gasteiger partial charge >= 0.3 is 0 Å². The van der Waals surface area contributed by atoms with E-state index in [1.165, 1.54) is 11.1 Å². The van der Waals surface area contributed by atoms with Crippen LogP contribution in [0.1, 0.15) is 47.4 Å². The molecule has 1 unspecified atom stereocenters. The maximum atomic E-state index is 13.8. The first-order valence-corrected chi connectivity index (χ1v) is 15.1. The van der Waals surface area contributed by atoms with E-state index in [4.69, 9.17) is 9.47 Å². The predicted octanol–water partition coefficient (Wildman–Crippen LogP) is 5.40. The Balaban J connectivity index is 1.43. The Morgan fingerprint density at radius 3 is 2.42 bits per heavy atom. The number of rotatable bonds is 3. The lowest BCUT2D eigenvalue weighted by atomic mass is 9.91. The van der Waals surface area contributed by atoms with E-state index in [1.54, 1.807) is 22.5 Å². The number of benzene rings is 3. The van der Waals surface area contributed by atoms with Gasteiger partial charge in [0.25, 0.3) is 0 Å². The van der Waals surface area contributed by atoms with E-state index in [-0.39, 0.29) is 0 Å². The molecule has 5 rings (SSSR count). The average molecular weight is 535 g/mol. The van der Waals surface area contributed by atoms with Crippen molar-refractivity contribution in [2.45, 2.75) is 50.0 Å². The van der Waals surface area contributed by atoms with Gasteiger partial charge in [-0.2, -0.15) is 4.31 Å². The highest BCUT2D eigenvalue weighted by atomic mass is 32.2. The molecule has 2 aliphatic heterocycles. The van der Waals surface area contributed by atoms with Crippen molar-refractivity contribution in [1.82, 2.24) is 9.21 Å². The molecule has 6 nitrogen and oxygen atoms in total. The third-order valence-electron chi connectivity index (χ3n) is 7.64. The second-order valence-corrected chi connectivity index (χ2v) is 12.4. The van der Waals surface area contributed by atoms with Crippen LogP contribution in [0.25, 0.3) is 0 Å². The first-order chi connectivity index (χ1) is 18.4. The standard InChI is InChI=1S/C31H38N2O4S/c1-24-10-12-31-28(21-24)23-32(2)17-14-26(25-7-4-3-5-8-25)9-6-16-33(18-20-37-31)38(34,35)29-11-13-30-27(22-29)15-19-36-30/h3-5,7-8,10-13,21-22,26H,6,9,14-20,23H2,1-2H3. The first kappa shape index (κ1) is 26.7. The van der Waals surface area contributed by atoms with Gasteiger partial charge in [0.1, 0.15) is 18.1 Å². The Labute approximate surface area is 227 Å². The van der Waals surface area contributed by atoms with Crippen LogP contribution < -0.4 is 9.47 Å². The maximum absolute atomic E-state index is 13.8. The largest absolute Gasteiger partial charge is 0.493 e. The molecule has 3 aromatic carbocycles. The van der Waals surface area contributed by atoms with E-state index in [2.05, 4.69) is 55.3 Å². The zero-order valence-corrected chi connectivity index (χ0v) is 23.3. The Hall–Kier alpha value is -2.87. The Bertz CT molecular complexity index is 1340. The number of fused-ring (bicyclic) bond motifs is 2. The van der Waals surface area contributed by atoms with E-state index < -0.39 is 10.0 Å². The molecular formula is C31H38N2O4S. The Kier molecular flexibility index (Phi) is 8.36. The average Bonchev–Trinajstić information content (AvgIpc) is 3.39. The van der Waals surface area contributed by atoms with E-state index in [1.807, 2.05) is 12.1 Å². The first-order valence-electron chi connectivity index (χ1n) is 13.6. The molecule has 0 radical (unpaired) electrons. The molecule has 3 aromatic rings. The normalized spacial score (nSPS) is 20.0. The van der Waals surface area contributed by atoms with E-state index in [9.17, 15) is 8.42 Å². The summed E-state index contributed by atoms with van der Waals surface area (Å²) in [4.78, 5) is 2.69. The summed E-state index contributed by atoms with van der Waals surface area (Å²) in [6.07, 6.45) is 3.47. The lowest BCUT2D eigenvalue weighted by Crippen LogP contribution is -2.36. The summed E-state index contributed by atoms with van der Waals surface area (Å²) in [7, 11) is -1.51. The molecule has 2 aliphatic rings. The summed E-state index contributed by atoms with van der Waals surface area (Å²) in [5, 5.41) is 0. The minimum Gasteiger partial charge on any atom is -0.493 e. The second-order valence-electron chi connectivity index (χ2n) is 10.5. The van der Waals surface area contributed by atoms with E-state index >= 15 is 0 Å². The van der Waals surface area contributed by atoms with Gasteiger partial charge in [-0.3, -0.25) is 0 Å². The zero-order valence-electron chi connectivity index (χ0n) is 22.4. The smallest absolute Gasteiger partial charge is 0.243 e. The molecule has 0 aliphatic carbocycles. The monoisotopic (exact) mass is 534 g/mol. The van der Waals surface area contributed by atoms with Gasteiger partial charge in [0, 0.05) is 31.6 Å². The van der Waals surface area contributed by atoms with Gasteiger partial charge in [-0.25, -0.2) is 8.42 Å². The van der Waals surface area contributed by atoms with Crippen molar-refractivity contribution in [2.75, 3.05) is 39.9 Å². The molecule has 0 amide bonds. The summed E-state index contributed by atoms with van der Waals surface area (Å²) >= 11 is 0. The fourth-order valence-corrected chi connectivity index (χ4v) is 7.03. The van der Waals surface area contributed by atoms with Crippen molar-refractivity contribution in [2.24, 2.45) is 0 Å². The van der Waals surface area contributed by atoms with Crippen molar-refractivity contribution >= 4 is 10.0 Å². The van der Waals surface area contributed by atoms with Crippen LogP contribution in [0.15, 0.2) is 71.6 Å². The van der Waals surface area contributed by atoms with Gasteiger partial charge in [0.2, 0.25) is 10.0 Å². The van der Waals surface area contributed by atoms with Crippen LogP contribution in [0.2, 0.25) is 0 Å². The fraction of sp³-hybridized carbons (Fsp3) is 0.419. The number of ether oxygens (including phenoxy) is 2.